The fraction of sp³-hybridized carbons (Fsp3) is 0.310. The number of aliphatic carboxylic acids is 1. The maximum atomic E-state index is 12.7. The highest BCUT2D eigenvalue weighted by molar-refractivity contribution is 7.98. The predicted octanol–water partition coefficient (Wildman–Crippen LogP) is -2.94. The second-order valence-electron chi connectivity index (χ2n) is 10.2. The minimum absolute atomic E-state index is 0. The van der Waals surface area contributed by atoms with Crippen molar-refractivity contribution in [1.29, 1.82) is 0 Å². The number of hydrogen-bond donors (Lipinski definition) is 2. The van der Waals surface area contributed by atoms with E-state index in [1.54, 1.807) is 30.0 Å². The number of aromatic nitrogens is 3. The average molecular weight is 723 g/mol. The lowest BCUT2D eigenvalue weighted by molar-refractivity contribution is -0.688. The largest absolute Gasteiger partial charge is 1.00 e. The summed E-state index contributed by atoms with van der Waals surface area (Å²) in [7, 11) is 0. The van der Waals surface area contributed by atoms with Gasteiger partial charge in [0.05, 0.1) is 22.9 Å². The third-order valence-electron chi connectivity index (χ3n) is 7.73. The van der Waals surface area contributed by atoms with Crippen molar-refractivity contribution in [2.24, 2.45) is 11.8 Å². The number of halogens is 2. The molecule has 2 N–H and O–H groups in total. The highest BCUT2D eigenvalue weighted by atomic mass is 79.9. The summed E-state index contributed by atoms with van der Waals surface area (Å²) in [6.07, 6.45) is 9.38. The van der Waals surface area contributed by atoms with E-state index in [1.165, 1.54) is 16.0 Å². The van der Waals surface area contributed by atoms with E-state index in [2.05, 4.69) is 56.5 Å². The molecule has 41 heavy (non-hydrogen) atoms. The van der Waals surface area contributed by atoms with Crippen molar-refractivity contribution < 1.29 is 62.7 Å². The number of imidazole rings is 1. The summed E-state index contributed by atoms with van der Waals surface area (Å²) in [5.41, 5.74) is 3.15. The van der Waals surface area contributed by atoms with Gasteiger partial charge in [-0.3, -0.25) is 4.79 Å². The Balaban J connectivity index is 0.00000194. The molecule has 2 aliphatic heterocycles. The van der Waals surface area contributed by atoms with Crippen LogP contribution in [0.25, 0.3) is 10.4 Å². The van der Waals surface area contributed by atoms with Gasteiger partial charge in [0.2, 0.25) is 15.8 Å². The smallest absolute Gasteiger partial charge is 0.352 e. The first kappa shape index (κ1) is 31.4. The van der Waals surface area contributed by atoms with Crippen molar-refractivity contribution in [2.45, 2.75) is 44.1 Å². The molecule has 4 atom stereocenters. The molecule has 1 fully saturated rings. The summed E-state index contributed by atoms with van der Waals surface area (Å²) in [6, 6.07) is 14.3. The van der Waals surface area contributed by atoms with Crippen LogP contribution in [0.1, 0.15) is 29.9 Å². The minimum atomic E-state index is -1.11. The van der Waals surface area contributed by atoms with Crippen LogP contribution in [-0.4, -0.2) is 50.0 Å². The van der Waals surface area contributed by atoms with Crippen molar-refractivity contribution in [2.75, 3.05) is 6.26 Å². The number of carboxylic acids is 1. The zero-order chi connectivity index (χ0) is 27.4. The number of rotatable bonds is 8. The monoisotopic (exact) mass is 720 g/mol. The summed E-state index contributed by atoms with van der Waals surface area (Å²) >= 11 is 3.20. The molecule has 8 nitrogen and oxygen atoms in total. The van der Waals surface area contributed by atoms with E-state index >= 15 is 0 Å². The molecular formula is C29H30Br2N4O4S2. The van der Waals surface area contributed by atoms with Gasteiger partial charge in [-0.05, 0) is 24.8 Å². The van der Waals surface area contributed by atoms with Crippen molar-refractivity contribution in [1.82, 2.24) is 9.47 Å². The highest BCUT2D eigenvalue weighted by Crippen LogP contribution is 2.51. The maximum Gasteiger partial charge on any atom is 0.352 e. The molecule has 4 aromatic rings. The number of carbonyl (C=O) groups excluding carboxylic acids is 1. The summed E-state index contributed by atoms with van der Waals surface area (Å²) in [5.74, 6) is -2.18. The first-order chi connectivity index (χ1) is 18.8. The average Bonchev–Trinajstić information content (AvgIpc) is 3.51. The maximum absolute atomic E-state index is 12.7. The van der Waals surface area contributed by atoms with Crippen molar-refractivity contribution in [3.05, 3.63) is 89.1 Å². The normalized spacial score (nSPS) is 20.3. The molecule has 0 radical (unpaired) electrons. The third kappa shape index (κ3) is 5.40. The van der Waals surface area contributed by atoms with Gasteiger partial charge in [-0.1, -0.05) is 54.3 Å². The standard InChI is InChI=1S/C29H29N4O4S2.2BrH/c1-17-22(25(29(36)37)33-24(17)23(18(2)34)26(33)35)21-15-32-16-31(27(38-3)28(32)39-21)14-20-9-7-8-19(12-20)13-30-10-5-4-6-11-30;;/h4-12,15-18,23-24,34H,13-14H2,1-3H3;2*1H/q+1;;/p-1/t17-,18+,23+,24+;;/m0../s1. The van der Waals surface area contributed by atoms with Crippen LogP contribution in [0.4, 0.5) is 0 Å². The van der Waals surface area contributed by atoms with E-state index in [-0.39, 0.29) is 57.5 Å². The number of thiazole rings is 1. The molecule has 0 unspecified atom stereocenters. The number of pyridine rings is 1. The van der Waals surface area contributed by atoms with E-state index in [0.717, 1.165) is 21.3 Å². The lowest BCUT2D eigenvalue weighted by atomic mass is 9.77. The van der Waals surface area contributed by atoms with Crippen LogP contribution in [0.3, 0.4) is 0 Å². The molecule has 0 spiro atoms. The van der Waals surface area contributed by atoms with Gasteiger partial charge >= 0.3 is 5.97 Å². The number of hydrogen-bond acceptors (Lipinski definition) is 5. The zero-order valence-electron chi connectivity index (χ0n) is 22.6. The lowest BCUT2D eigenvalue weighted by Gasteiger charge is -2.46. The molecule has 1 saturated heterocycles. The van der Waals surface area contributed by atoms with E-state index < -0.39 is 18.0 Å². The number of carboxylic acid groups (broad SMARTS) is 1. The van der Waals surface area contributed by atoms with Crippen LogP contribution in [0.15, 0.2) is 78.1 Å². The first-order valence-corrected chi connectivity index (χ1v) is 14.9. The molecule has 2 aliphatic rings. The number of fused-ring (bicyclic) bond motifs is 2. The number of thioether (sulfide) groups is 1. The van der Waals surface area contributed by atoms with Crippen LogP contribution in [-0.2, 0) is 22.7 Å². The topological polar surface area (TPSA) is 90.8 Å². The number of aliphatic hydroxyl groups excluding tert-OH is 1. The van der Waals surface area contributed by atoms with Crippen molar-refractivity contribution in [3.63, 3.8) is 0 Å². The van der Waals surface area contributed by atoms with Crippen molar-refractivity contribution in [3.8, 4) is 0 Å². The number of carbonyl (C=O) groups is 2. The first-order valence-electron chi connectivity index (χ1n) is 12.9. The van der Waals surface area contributed by atoms with Gasteiger partial charge in [-0.2, -0.15) is 4.40 Å². The summed E-state index contributed by atoms with van der Waals surface area (Å²) in [4.78, 5) is 28.3. The summed E-state index contributed by atoms with van der Waals surface area (Å²) in [5, 5.41) is 21.3. The quantitative estimate of drug-likeness (QED) is 0.116. The second kappa shape index (κ2) is 12.4. The zero-order valence-corrected chi connectivity index (χ0v) is 27.5. The molecule has 12 heteroatoms. The molecule has 5 heterocycles. The molecule has 0 bridgehead atoms. The molecule has 3 aromatic heterocycles. The van der Waals surface area contributed by atoms with Crippen LogP contribution >= 0.6 is 23.1 Å². The Hall–Kier alpha value is -2.51. The number of amides is 1. The number of benzene rings is 1. The fourth-order valence-corrected chi connectivity index (χ4v) is 8.22. The minimum Gasteiger partial charge on any atom is -1.00 e. The second-order valence-corrected chi connectivity index (χ2v) is 12.1. The molecular weight excluding hydrogens is 692 g/mol. The van der Waals surface area contributed by atoms with Gasteiger partial charge in [0.1, 0.15) is 18.4 Å². The molecule has 1 amide bonds. The highest BCUT2D eigenvalue weighted by Gasteiger charge is 2.60. The number of nitrogens with zero attached hydrogens (tertiary/aromatic N) is 4. The third-order valence-corrected chi connectivity index (χ3v) is 9.81. The summed E-state index contributed by atoms with van der Waals surface area (Å²) in [6.45, 7) is 5.07. The van der Waals surface area contributed by atoms with Gasteiger partial charge in [0.15, 0.2) is 18.9 Å². The fourth-order valence-electron chi connectivity index (χ4n) is 6.04. The SMILES string of the molecule is CSc1c2sc(C3=C(C(=O)O)N4C(=O)[C@H]([C@@H](C)O)[C@H]4[C@H]3C)c[n+]2cn1Cc1cccc(C[n+]2ccccc2)c1.[Br-].[Br-]. The van der Waals surface area contributed by atoms with Gasteiger partial charge in [0.25, 0.3) is 6.33 Å². The van der Waals surface area contributed by atoms with Gasteiger partial charge in [0, 0.05) is 29.2 Å². The Morgan fingerprint density at radius 1 is 1.15 bits per heavy atom. The van der Waals surface area contributed by atoms with Crippen LogP contribution in [0, 0.1) is 11.8 Å². The van der Waals surface area contributed by atoms with E-state index in [9.17, 15) is 19.8 Å². The van der Waals surface area contributed by atoms with Crippen LogP contribution < -0.4 is 42.9 Å². The number of aliphatic hydroxyl groups is 1. The number of β-lactam (4-membered cyclic amide) rings is 1. The van der Waals surface area contributed by atoms with Gasteiger partial charge < -0.3 is 49.1 Å². The Bertz CT molecular complexity index is 1640. The van der Waals surface area contributed by atoms with Crippen LogP contribution in [0.2, 0.25) is 0 Å². The van der Waals surface area contributed by atoms with E-state index in [4.69, 9.17) is 0 Å². The van der Waals surface area contributed by atoms with Gasteiger partial charge in [-0.25, -0.2) is 13.9 Å². The van der Waals surface area contributed by atoms with Crippen molar-refractivity contribution >= 4 is 45.4 Å². The molecule has 6 rings (SSSR count). The molecule has 1 aromatic carbocycles. The molecule has 216 valence electrons. The Morgan fingerprint density at radius 3 is 2.51 bits per heavy atom. The predicted molar refractivity (Wildman–Crippen MR) is 148 cm³/mol. The van der Waals surface area contributed by atoms with E-state index in [1.807, 2.05) is 37.6 Å². The Morgan fingerprint density at radius 2 is 1.85 bits per heavy atom. The molecule has 0 aliphatic carbocycles. The Kier molecular flexibility index (Phi) is 9.49. The Labute approximate surface area is 267 Å². The molecule has 0 saturated carbocycles. The van der Waals surface area contributed by atoms with Gasteiger partial charge in [-0.15, -0.1) is 0 Å². The lowest BCUT2D eigenvalue weighted by Crippen LogP contribution is -3.00. The van der Waals surface area contributed by atoms with E-state index in [0.29, 0.717) is 12.1 Å². The van der Waals surface area contributed by atoms with Crippen LogP contribution in [0.5, 0.6) is 0 Å². The summed E-state index contributed by atoms with van der Waals surface area (Å²) < 4.78 is 6.43.